The van der Waals surface area contributed by atoms with Crippen molar-refractivity contribution in [3.05, 3.63) is 29.8 Å². The highest BCUT2D eigenvalue weighted by atomic mass is 16.5. The van der Waals surface area contributed by atoms with Gasteiger partial charge in [-0.2, -0.15) is 0 Å². The van der Waals surface area contributed by atoms with Gasteiger partial charge in [0.15, 0.2) is 0 Å². The molecule has 17 heavy (non-hydrogen) atoms. The molecule has 0 heterocycles. The summed E-state index contributed by atoms with van der Waals surface area (Å²) in [7, 11) is 0. The number of rotatable bonds is 9. The van der Waals surface area contributed by atoms with E-state index in [1.807, 2.05) is 19.1 Å². The van der Waals surface area contributed by atoms with Gasteiger partial charge in [0.1, 0.15) is 5.75 Å². The minimum absolute atomic E-state index is 0.302. The van der Waals surface area contributed by atoms with Crippen LogP contribution in [0.1, 0.15) is 31.7 Å². The van der Waals surface area contributed by atoms with Crippen LogP contribution in [0, 0.1) is 0 Å². The minimum Gasteiger partial charge on any atom is -0.494 e. The molecule has 0 radical (unpaired) electrons. The molecule has 0 aromatic heterocycles. The second-order valence-electron chi connectivity index (χ2n) is 4.04. The molecule has 2 N–H and O–H groups in total. The molecule has 1 rings (SSSR count). The van der Waals surface area contributed by atoms with Gasteiger partial charge >= 0.3 is 0 Å². The molecule has 0 unspecified atom stereocenters. The predicted molar refractivity (Wildman–Crippen MR) is 70.3 cm³/mol. The molecular formula is C14H23NO2. The molecule has 0 aliphatic heterocycles. The Morgan fingerprint density at radius 2 is 2.12 bits per heavy atom. The Balaban J connectivity index is 2.19. The normalized spacial score (nSPS) is 10.5. The van der Waals surface area contributed by atoms with Crippen LogP contribution in [0.5, 0.6) is 5.75 Å². The molecule has 0 spiro atoms. The second kappa shape index (κ2) is 9.02. The molecule has 0 saturated heterocycles. The number of aliphatic hydroxyl groups is 1. The molecule has 0 fully saturated rings. The fourth-order valence-corrected chi connectivity index (χ4v) is 1.68. The van der Waals surface area contributed by atoms with Crippen LogP contribution < -0.4 is 10.1 Å². The van der Waals surface area contributed by atoms with Crippen molar-refractivity contribution in [3.8, 4) is 5.75 Å². The van der Waals surface area contributed by atoms with E-state index in [-0.39, 0.29) is 0 Å². The van der Waals surface area contributed by atoms with Crippen LogP contribution in [0.3, 0.4) is 0 Å². The summed E-state index contributed by atoms with van der Waals surface area (Å²) in [6.07, 6.45) is 3.11. The van der Waals surface area contributed by atoms with E-state index in [0.29, 0.717) is 13.2 Å². The standard InChI is InChI=1S/C14H23NO2/c1-2-17-14-8-6-7-13(11-14)12-15-9-4-3-5-10-16/h6-8,11,15-16H,2-5,9-10,12H2,1H3. The molecule has 0 bridgehead atoms. The van der Waals surface area contributed by atoms with Crippen LogP contribution in [-0.2, 0) is 6.54 Å². The van der Waals surface area contributed by atoms with Crippen LogP contribution in [0.15, 0.2) is 24.3 Å². The van der Waals surface area contributed by atoms with E-state index in [0.717, 1.165) is 38.1 Å². The largest absolute Gasteiger partial charge is 0.494 e. The monoisotopic (exact) mass is 237 g/mol. The van der Waals surface area contributed by atoms with Crippen molar-refractivity contribution in [2.24, 2.45) is 0 Å². The minimum atomic E-state index is 0.302. The average molecular weight is 237 g/mol. The fourth-order valence-electron chi connectivity index (χ4n) is 1.68. The summed E-state index contributed by atoms with van der Waals surface area (Å²) in [6.45, 7) is 4.87. The number of nitrogens with one attached hydrogen (secondary N) is 1. The summed E-state index contributed by atoms with van der Waals surface area (Å²) in [5, 5.41) is 12.0. The zero-order chi connectivity index (χ0) is 12.3. The lowest BCUT2D eigenvalue weighted by atomic mass is 10.2. The maximum absolute atomic E-state index is 8.65. The van der Waals surface area contributed by atoms with E-state index in [2.05, 4.69) is 17.4 Å². The Labute approximate surface area is 104 Å². The Kier molecular flexibility index (Phi) is 7.43. The summed E-state index contributed by atoms with van der Waals surface area (Å²) < 4.78 is 5.45. The van der Waals surface area contributed by atoms with Crippen molar-refractivity contribution in [1.82, 2.24) is 5.32 Å². The van der Waals surface area contributed by atoms with E-state index in [1.54, 1.807) is 0 Å². The van der Waals surface area contributed by atoms with Gasteiger partial charge in [0.05, 0.1) is 6.61 Å². The Morgan fingerprint density at radius 3 is 2.88 bits per heavy atom. The smallest absolute Gasteiger partial charge is 0.119 e. The van der Waals surface area contributed by atoms with E-state index in [1.165, 1.54) is 5.56 Å². The van der Waals surface area contributed by atoms with Crippen molar-refractivity contribution in [2.45, 2.75) is 32.7 Å². The molecule has 3 nitrogen and oxygen atoms in total. The number of unbranched alkanes of at least 4 members (excludes halogenated alkanes) is 2. The van der Waals surface area contributed by atoms with E-state index in [9.17, 15) is 0 Å². The first-order valence-corrected chi connectivity index (χ1v) is 6.40. The molecule has 1 aromatic rings. The van der Waals surface area contributed by atoms with Gasteiger partial charge in [0.2, 0.25) is 0 Å². The Hall–Kier alpha value is -1.06. The SMILES string of the molecule is CCOc1cccc(CNCCCCCO)c1. The zero-order valence-corrected chi connectivity index (χ0v) is 10.6. The number of ether oxygens (including phenoxy) is 1. The van der Waals surface area contributed by atoms with Gasteiger partial charge in [-0.25, -0.2) is 0 Å². The van der Waals surface area contributed by atoms with Gasteiger partial charge in [-0.15, -0.1) is 0 Å². The van der Waals surface area contributed by atoms with Crippen molar-refractivity contribution in [1.29, 1.82) is 0 Å². The third-order valence-electron chi connectivity index (χ3n) is 2.55. The predicted octanol–water partition coefficient (Wildman–Crippen LogP) is 2.34. The molecule has 96 valence electrons. The molecule has 3 heteroatoms. The fraction of sp³-hybridized carbons (Fsp3) is 0.571. The van der Waals surface area contributed by atoms with Crippen LogP contribution >= 0.6 is 0 Å². The number of hydrogen-bond donors (Lipinski definition) is 2. The van der Waals surface area contributed by atoms with Crippen molar-refractivity contribution < 1.29 is 9.84 Å². The topological polar surface area (TPSA) is 41.5 Å². The average Bonchev–Trinajstić information content (AvgIpc) is 2.35. The molecule has 0 aliphatic carbocycles. The zero-order valence-electron chi connectivity index (χ0n) is 10.6. The van der Waals surface area contributed by atoms with Gasteiger partial charge in [0.25, 0.3) is 0 Å². The lowest BCUT2D eigenvalue weighted by Gasteiger charge is -2.07. The van der Waals surface area contributed by atoms with Crippen LogP contribution in [-0.4, -0.2) is 24.9 Å². The molecule has 0 saturated carbocycles. The highest BCUT2D eigenvalue weighted by molar-refractivity contribution is 5.28. The first-order chi connectivity index (χ1) is 8.36. The van der Waals surface area contributed by atoms with Gasteiger partial charge in [-0.05, 0) is 50.4 Å². The summed E-state index contributed by atoms with van der Waals surface area (Å²) in [6, 6.07) is 8.18. The van der Waals surface area contributed by atoms with E-state index >= 15 is 0 Å². The maximum Gasteiger partial charge on any atom is 0.119 e. The molecule has 0 atom stereocenters. The van der Waals surface area contributed by atoms with Crippen LogP contribution in [0.25, 0.3) is 0 Å². The Bertz CT molecular complexity index is 302. The third-order valence-corrected chi connectivity index (χ3v) is 2.55. The highest BCUT2D eigenvalue weighted by Crippen LogP contribution is 2.12. The van der Waals surface area contributed by atoms with Crippen molar-refractivity contribution >= 4 is 0 Å². The molecule has 0 aliphatic rings. The molecule has 0 amide bonds. The summed E-state index contributed by atoms with van der Waals surface area (Å²) in [4.78, 5) is 0. The van der Waals surface area contributed by atoms with E-state index < -0.39 is 0 Å². The van der Waals surface area contributed by atoms with Crippen molar-refractivity contribution in [3.63, 3.8) is 0 Å². The second-order valence-corrected chi connectivity index (χ2v) is 4.04. The molecule has 1 aromatic carbocycles. The van der Waals surface area contributed by atoms with E-state index in [4.69, 9.17) is 9.84 Å². The first-order valence-electron chi connectivity index (χ1n) is 6.40. The summed E-state index contributed by atoms with van der Waals surface area (Å²) in [5.74, 6) is 0.937. The van der Waals surface area contributed by atoms with Gasteiger partial charge in [-0.1, -0.05) is 12.1 Å². The number of benzene rings is 1. The quantitative estimate of drug-likeness (QED) is 0.648. The number of hydrogen-bond acceptors (Lipinski definition) is 3. The maximum atomic E-state index is 8.65. The van der Waals surface area contributed by atoms with Crippen molar-refractivity contribution in [2.75, 3.05) is 19.8 Å². The van der Waals surface area contributed by atoms with Gasteiger partial charge < -0.3 is 15.2 Å². The van der Waals surface area contributed by atoms with Gasteiger partial charge in [0, 0.05) is 13.2 Å². The lowest BCUT2D eigenvalue weighted by Crippen LogP contribution is -2.14. The van der Waals surface area contributed by atoms with Crippen LogP contribution in [0.2, 0.25) is 0 Å². The highest BCUT2D eigenvalue weighted by Gasteiger charge is 1.96. The summed E-state index contributed by atoms with van der Waals surface area (Å²) in [5.41, 5.74) is 1.25. The first kappa shape index (κ1) is 14.0. The number of aliphatic hydroxyl groups excluding tert-OH is 1. The summed E-state index contributed by atoms with van der Waals surface area (Å²) >= 11 is 0. The van der Waals surface area contributed by atoms with Gasteiger partial charge in [-0.3, -0.25) is 0 Å². The molecular weight excluding hydrogens is 214 g/mol. The Morgan fingerprint density at radius 1 is 1.24 bits per heavy atom. The van der Waals surface area contributed by atoms with Crippen LogP contribution in [0.4, 0.5) is 0 Å². The lowest BCUT2D eigenvalue weighted by molar-refractivity contribution is 0.283. The third kappa shape index (κ3) is 6.29.